The molecule has 31 heavy (non-hydrogen) atoms. The molecule has 0 bridgehead atoms. The van der Waals surface area contributed by atoms with Crippen molar-refractivity contribution in [3.8, 4) is 5.88 Å². The van der Waals surface area contributed by atoms with E-state index in [9.17, 15) is 12.8 Å². The lowest BCUT2D eigenvalue weighted by Gasteiger charge is -2.44. The van der Waals surface area contributed by atoms with Crippen molar-refractivity contribution >= 4 is 21.5 Å². The van der Waals surface area contributed by atoms with Crippen molar-refractivity contribution in [3.63, 3.8) is 0 Å². The average molecular weight is 451 g/mol. The molecule has 0 N–H and O–H groups in total. The third-order valence-corrected chi connectivity index (χ3v) is 6.41. The molecule has 0 saturated carbocycles. The van der Waals surface area contributed by atoms with E-state index in [2.05, 4.69) is 33.6 Å². The summed E-state index contributed by atoms with van der Waals surface area (Å²) in [6.45, 7) is 12.0. The van der Waals surface area contributed by atoms with Crippen LogP contribution in [0.5, 0.6) is 5.88 Å². The van der Waals surface area contributed by atoms with Crippen LogP contribution in [0.25, 0.3) is 0 Å². The van der Waals surface area contributed by atoms with Crippen LogP contribution < -0.4 is 14.5 Å². The van der Waals surface area contributed by atoms with E-state index in [1.807, 2.05) is 26.8 Å². The first-order valence-corrected chi connectivity index (χ1v) is 12.4. The summed E-state index contributed by atoms with van der Waals surface area (Å²) < 4.78 is 43.7. The van der Waals surface area contributed by atoms with E-state index in [0.717, 1.165) is 11.9 Å². The highest BCUT2D eigenvalue weighted by Crippen LogP contribution is 2.29. The van der Waals surface area contributed by atoms with Gasteiger partial charge in [-0.1, -0.05) is 13.8 Å². The fourth-order valence-corrected chi connectivity index (χ4v) is 4.55. The van der Waals surface area contributed by atoms with E-state index in [0.29, 0.717) is 37.1 Å². The molecule has 1 aromatic heterocycles. The van der Waals surface area contributed by atoms with Gasteiger partial charge in [-0.15, -0.1) is 0 Å². The van der Waals surface area contributed by atoms with Crippen LogP contribution in [0.3, 0.4) is 0 Å². The second kappa shape index (κ2) is 8.98. The number of piperazine rings is 1. The lowest BCUT2D eigenvalue weighted by molar-refractivity contribution is 0.232. The number of ether oxygens (including phenoxy) is 1. The molecular formula is C22H31FN4O3S. The van der Waals surface area contributed by atoms with Crippen LogP contribution in [0.15, 0.2) is 29.2 Å². The number of sulfone groups is 1. The van der Waals surface area contributed by atoms with Crippen LogP contribution in [0.1, 0.15) is 33.4 Å². The van der Waals surface area contributed by atoms with Crippen LogP contribution in [0, 0.1) is 18.7 Å². The summed E-state index contributed by atoms with van der Waals surface area (Å²) in [6, 6.07) is 6.20. The van der Waals surface area contributed by atoms with Gasteiger partial charge < -0.3 is 14.5 Å². The topological polar surface area (TPSA) is 75.6 Å². The Morgan fingerprint density at radius 2 is 1.84 bits per heavy atom. The number of aryl methyl sites for hydroxylation is 1. The van der Waals surface area contributed by atoms with Gasteiger partial charge in [0.1, 0.15) is 10.7 Å². The van der Waals surface area contributed by atoms with Crippen molar-refractivity contribution in [2.75, 3.05) is 35.7 Å². The van der Waals surface area contributed by atoms with Crippen molar-refractivity contribution in [2.45, 2.75) is 51.7 Å². The first-order valence-electron chi connectivity index (χ1n) is 10.5. The second-order valence-corrected chi connectivity index (χ2v) is 10.6. The highest BCUT2D eigenvalue weighted by Gasteiger charge is 2.32. The first kappa shape index (κ1) is 23.2. The minimum atomic E-state index is -3.64. The van der Waals surface area contributed by atoms with Gasteiger partial charge in [0.05, 0.1) is 12.1 Å². The molecule has 0 amide bonds. The van der Waals surface area contributed by atoms with E-state index in [4.69, 9.17) is 4.74 Å². The molecule has 170 valence electrons. The van der Waals surface area contributed by atoms with Crippen molar-refractivity contribution in [2.24, 2.45) is 5.92 Å². The predicted octanol–water partition coefficient (Wildman–Crippen LogP) is 3.47. The Balaban J connectivity index is 1.90. The quantitative estimate of drug-likeness (QED) is 0.667. The molecule has 9 heteroatoms. The molecule has 1 atom stereocenters. The molecule has 7 nitrogen and oxygen atoms in total. The van der Waals surface area contributed by atoms with Gasteiger partial charge in [-0.05, 0) is 44.9 Å². The van der Waals surface area contributed by atoms with Gasteiger partial charge >= 0.3 is 0 Å². The van der Waals surface area contributed by atoms with Crippen molar-refractivity contribution in [1.82, 2.24) is 9.97 Å². The number of benzene rings is 1. The Morgan fingerprint density at radius 1 is 1.13 bits per heavy atom. The minimum absolute atomic E-state index is 0.0161. The summed E-state index contributed by atoms with van der Waals surface area (Å²) in [6.07, 6.45) is 1.04. The molecule has 1 aromatic carbocycles. The van der Waals surface area contributed by atoms with Crippen molar-refractivity contribution in [3.05, 3.63) is 35.8 Å². The molecule has 0 radical (unpaired) electrons. The zero-order chi connectivity index (χ0) is 22.9. The van der Waals surface area contributed by atoms with Gasteiger partial charge in [0.25, 0.3) is 0 Å². The Bertz CT molecular complexity index is 1040. The van der Waals surface area contributed by atoms with Crippen LogP contribution in [-0.4, -0.2) is 56.4 Å². The third-order valence-electron chi connectivity index (χ3n) is 5.30. The molecule has 0 aliphatic carbocycles. The molecule has 0 unspecified atom stereocenters. The van der Waals surface area contributed by atoms with Gasteiger partial charge in [-0.25, -0.2) is 17.8 Å². The van der Waals surface area contributed by atoms with Gasteiger partial charge in [0.2, 0.25) is 11.8 Å². The van der Waals surface area contributed by atoms with Crippen LogP contribution in [-0.2, 0) is 9.84 Å². The minimum Gasteiger partial charge on any atom is -0.475 e. The zero-order valence-electron chi connectivity index (χ0n) is 19.0. The summed E-state index contributed by atoms with van der Waals surface area (Å²) in [7, 11) is -3.64. The highest BCUT2D eigenvalue weighted by atomic mass is 32.2. The Morgan fingerprint density at radius 3 is 2.45 bits per heavy atom. The summed E-state index contributed by atoms with van der Waals surface area (Å²) in [5.41, 5.74) is 1.53. The van der Waals surface area contributed by atoms with E-state index in [1.165, 1.54) is 12.1 Å². The van der Waals surface area contributed by atoms with E-state index >= 15 is 0 Å². The zero-order valence-corrected chi connectivity index (χ0v) is 19.8. The lowest BCUT2D eigenvalue weighted by Crippen LogP contribution is -2.56. The fraction of sp³-hybridized carbons (Fsp3) is 0.545. The van der Waals surface area contributed by atoms with Crippen LogP contribution >= 0.6 is 0 Å². The monoisotopic (exact) mass is 450 g/mol. The summed E-state index contributed by atoms with van der Waals surface area (Å²) >= 11 is 0. The molecule has 0 spiro atoms. The van der Waals surface area contributed by atoms with Gasteiger partial charge in [0, 0.05) is 43.3 Å². The normalized spacial score (nSPS) is 17.5. The second-order valence-electron chi connectivity index (χ2n) is 8.65. The maximum atomic E-state index is 14.1. The largest absolute Gasteiger partial charge is 0.475 e. The summed E-state index contributed by atoms with van der Waals surface area (Å²) in [5.74, 6) is 0.746. The van der Waals surface area contributed by atoms with Gasteiger partial charge in [0.15, 0.2) is 9.84 Å². The number of anilines is 2. The smallest absolute Gasteiger partial charge is 0.229 e. The van der Waals surface area contributed by atoms with Gasteiger partial charge in [-0.2, -0.15) is 4.98 Å². The maximum absolute atomic E-state index is 14.1. The molecule has 1 fully saturated rings. The fourth-order valence-electron chi connectivity index (χ4n) is 3.79. The van der Waals surface area contributed by atoms with E-state index in [1.54, 1.807) is 6.07 Å². The van der Waals surface area contributed by atoms with Gasteiger partial charge in [-0.3, -0.25) is 0 Å². The summed E-state index contributed by atoms with van der Waals surface area (Å²) in [5, 5.41) is 0. The number of hydrogen-bond donors (Lipinski definition) is 0. The number of hydrogen-bond acceptors (Lipinski definition) is 7. The molecule has 2 aromatic rings. The van der Waals surface area contributed by atoms with E-state index in [-0.39, 0.29) is 23.0 Å². The average Bonchev–Trinajstić information content (AvgIpc) is 2.66. The Kier molecular flexibility index (Phi) is 6.73. The molecule has 3 rings (SSSR count). The SMILES string of the molecule is Cc1cc(OC(C)C)nc(N2CCN(c3ccc(F)c(S(C)(=O)=O)c3)C[C@H]2C(C)C)n1. The van der Waals surface area contributed by atoms with Crippen molar-refractivity contribution in [1.29, 1.82) is 0 Å². The maximum Gasteiger partial charge on any atom is 0.229 e. The van der Waals surface area contributed by atoms with Crippen LogP contribution in [0.4, 0.5) is 16.0 Å². The standard InChI is InChI=1S/C22H31FN4O3S/c1-14(2)19-13-26(17-7-8-18(23)20(12-17)31(6,28)29)9-10-27(19)22-24-16(5)11-21(25-22)30-15(3)4/h7-8,11-12,14-15,19H,9-10,13H2,1-6H3/t19-/m0/s1. The number of nitrogens with zero attached hydrogens (tertiary/aromatic N) is 4. The molecular weight excluding hydrogens is 419 g/mol. The van der Waals surface area contributed by atoms with Crippen LogP contribution in [0.2, 0.25) is 0 Å². The highest BCUT2D eigenvalue weighted by molar-refractivity contribution is 7.90. The molecule has 1 aliphatic heterocycles. The van der Waals surface area contributed by atoms with E-state index < -0.39 is 15.7 Å². The Hall–Kier alpha value is -2.42. The number of rotatable bonds is 6. The molecule has 1 saturated heterocycles. The summed E-state index contributed by atoms with van der Waals surface area (Å²) in [4.78, 5) is 13.3. The molecule has 1 aliphatic rings. The number of aromatic nitrogens is 2. The molecule has 2 heterocycles. The lowest BCUT2D eigenvalue weighted by atomic mass is 9.99. The van der Waals surface area contributed by atoms with Crippen molar-refractivity contribution < 1.29 is 17.5 Å². The predicted molar refractivity (Wildman–Crippen MR) is 120 cm³/mol. The third kappa shape index (κ3) is 5.44. The number of halogens is 1. The Labute approximate surface area is 184 Å². The first-order chi connectivity index (χ1) is 14.5.